The van der Waals surface area contributed by atoms with Crippen molar-refractivity contribution in [2.45, 2.75) is 38.6 Å². The molecule has 22 heavy (non-hydrogen) atoms. The molecule has 0 spiro atoms. The van der Waals surface area contributed by atoms with Gasteiger partial charge in [0.25, 0.3) is 0 Å². The van der Waals surface area contributed by atoms with Gasteiger partial charge >= 0.3 is 0 Å². The molecule has 4 heteroatoms. The lowest BCUT2D eigenvalue weighted by molar-refractivity contribution is -0.131. The van der Waals surface area contributed by atoms with Crippen molar-refractivity contribution in [3.8, 4) is 5.75 Å². The van der Waals surface area contributed by atoms with Crippen LogP contribution in [0, 0.1) is 23.6 Å². The summed E-state index contributed by atoms with van der Waals surface area (Å²) in [5.74, 6) is 2.23. The molecule has 120 valence electrons. The Labute approximate surface area is 131 Å². The van der Waals surface area contributed by atoms with Crippen molar-refractivity contribution in [2.24, 2.45) is 17.8 Å². The third-order valence-corrected chi connectivity index (χ3v) is 5.38. The summed E-state index contributed by atoms with van der Waals surface area (Å²) in [5.41, 5.74) is 0.794. The van der Waals surface area contributed by atoms with Gasteiger partial charge in [0.2, 0.25) is 5.91 Å². The lowest BCUT2D eigenvalue weighted by atomic mass is 9.86. The number of nitrogens with zero attached hydrogens (tertiary/aromatic N) is 1. The van der Waals surface area contributed by atoms with Crippen LogP contribution >= 0.6 is 0 Å². The van der Waals surface area contributed by atoms with Crippen LogP contribution < -0.4 is 4.74 Å². The fraction of sp³-hybridized carbons (Fsp3) is 0.611. The molecule has 0 aliphatic heterocycles. The summed E-state index contributed by atoms with van der Waals surface area (Å²) < 4.78 is 18.6. The molecule has 2 aliphatic carbocycles. The number of methoxy groups -OCH3 is 1. The van der Waals surface area contributed by atoms with Gasteiger partial charge in [-0.15, -0.1) is 0 Å². The zero-order valence-corrected chi connectivity index (χ0v) is 13.3. The molecule has 2 aliphatic rings. The van der Waals surface area contributed by atoms with Crippen LogP contribution in [0.1, 0.15) is 37.7 Å². The minimum atomic E-state index is -0.381. The molecule has 0 aromatic heterocycles. The van der Waals surface area contributed by atoms with E-state index in [0.29, 0.717) is 18.9 Å². The van der Waals surface area contributed by atoms with Crippen molar-refractivity contribution < 1.29 is 13.9 Å². The molecule has 3 atom stereocenters. The first-order chi connectivity index (χ1) is 10.6. The van der Waals surface area contributed by atoms with E-state index in [1.165, 1.54) is 38.9 Å². The van der Waals surface area contributed by atoms with Gasteiger partial charge in [-0.25, -0.2) is 4.39 Å². The van der Waals surface area contributed by atoms with Crippen molar-refractivity contribution in [1.29, 1.82) is 0 Å². The largest absolute Gasteiger partial charge is 0.494 e. The van der Waals surface area contributed by atoms with E-state index in [0.717, 1.165) is 17.4 Å². The van der Waals surface area contributed by atoms with Crippen LogP contribution in [0.25, 0.3) is 0 Å². The maximum absolute atomic E-state index is 13.7. The molecule has 2 saturated carbocycles. The molecule has 0 N–H and O–H groups in total. The number of ether oxygens (including phenoxy) is 1. The standard InChI is InChI=1S/C18H24FNO2/c1-20(11-13-4-6-17(22-2)16(19)9-13)18(21)10-15-8-12-3-5-14(15)7-12/h4,6,9,12,14-15H,3,5,7-8,10-11H2,1-2H3. The van der Waals surface area contributed by atoms with Crippen molar-refractivity contribution in [3.05, 3.63) is 29.6 Å². The molecule has 1 aromatic carbocycles. The Morgan fingerprint density at radius 2 is 2.18 bits per heavy atom. The number of benzene rings is 1. The van der Waals surface area contributed by atoms with Crippen molar-refractivity contribution in [2.75, 3.05) is 14.2 Å². The average molecular weight is 305 g/mol. The van der Waals surface area contributed by atoms with E-state index in [4.69, 9.17) is 4.74 Å². The van der Waals surface area contributed by atoms with Gasteiger partial charge in [0.1, 0.15) is 0 Å². The highest BCUT2D eigenvalue weighted by atomic mass is 19.1. The zero-order chi connectivity index (χ0) is 15.7. The Kier molecular flexibility index (Phi) is 4.37. The normalized spacial score (nSPS) is 26.2. The van der Waals surface area contributed by atoms with Crippen LogP contribution in [0.3, 0.4) is 0 Å². The molecule has 0 heterocycles. The second-order valence-corrected chi connectivity index (χ2v) is 6.86. The monoisotopic (exact) mass is 305 g/mol. The molecule has 0 radical (unpaired) electrons. The van der Waals surface area contributed by atoms with Gasteiger partial charge in [0, 0.05) is 20.0 Å². The van der Waals surface area contributed by atoms with Gasteiger partial charge in [0.05, 0.1) is 7.11 Å². The van der Waals surface area contributed by atoms with Gasteiger partial charge in [-0.3, -0.25) is 4.79 Å². The van der Waals surface area contributed by atoms with Crippen molar-refractivity contribution in [3.63, 3.8) is 0 Å². The van der Waals surface area contributed by atoms with Crippen molar-refractivity contribution in [1.82, 2.24) is 4.90 Å². The summed E-state index contributed by atoms with van der Waals surface area (Å²) in [7, 11) is 3.25. The van der Waals surface area contributed by atoms with Crippen LogP contribution in [-0.4, -0.2) is 25.0 Å². The molecular formula is C18H24FNO2. The predicted octanol–water partition coefficient (Wildman–Crippen LogP) is 3.62. The Bertz CT molecular complexity index is 560. The number of amides is 1. The minimum absolute atomic E-state index is 0.175. The van der Waals surface area contributed by atoms with Crippen LogP contribution in [0.15, 0.2) is 18.2 Å². The lowest BCUT2D eigenvalue weighted by Gasteiger charge is -2.24. The second kappa shape index (κ2) is 6.27. The summed E-state index contributed by atoms with van der Waals surface area (Å²) in [6, 6.07) is 4.86. The summed E-state index contributed by atoms with van der Waals surface area (Å²) in [6.45, 7) is 0.445. The SMILES string of the molecule is COc1ccc(CN(C)C(=O)CC2CC3CCC2C3)cc1F. The smallest absolute Gasteiger partial charge is 0.222 e. The van der Waals surface area contributed by atoms with E-state index in [-0.39, 0.29) is 17.5 Å². The van der Waals surface area contributed by atoms with E-state index >= 15 is 0 Å². The molecular weight excluding hydrogens is 281 g/mol. The summed E-state index contributed by atoms with van der Waals surface area (Å²) in [4.78, 5) is 14.1. The van der Waals surface area contributed by atoms with Gasteiger partial charge in [-0.2, -0.15) is 0 Å². The topological polar surface area (TPSA) is 29.5 Å². The zero-order valence-electron chi connectivity index (χ0n) is 13.3. The van der Waals surface area contributed by atoms with Crippen LogP contribution in [-0.2, 0) is 11.3 Å². The van der Waals surface area contributed by atoms with Gasteiger partial charge in [0.15, 0.2) is 11.6 Å². The number of carbonyl (C=O) groups excluding carboxylic acids is 1. The number of fused-ring (bicyclic) bond motifs is 2. The quantitative estimate of drug-likeness (QED) is 0.831. The molecule has 1 amide bonds. The summed E-state index contributed by atoms with van der Waals surface area (Å²) >= 11 is 0. The van der Waals surface area contributed by atoms with Crippen LogP contribution in [0.5, 0.6) is 5.75 Å². The highest BCUT2D eigenvalue weighted by Gasteiger charge is 2.40. The van der Waals surface area contributed by atoms with E-state index < -0.39 is 0 Å². The fourth-order valence-corrected chi connectivity index (χ4v) is 4.18. The minimum Gasteiger partial charge on any atom is -0.494 e. The highest BCUT2D eigenvalue weighted by molar-refractivity contribution is 5.76. The van der Waals surface area contributed by atoms with Crippen molar-refractivity contribution >= 4 is 5.91 Å². The third kappa shape index (κ3) is 3.11. The van der Waals surface area contributed by atoms with E-state index in [1.54, 1.807) is 18.0 Å². The highest BCUT2D eigenvalue weighted by Crippen LogP contribution is 2.49. The van der Waals surface area contributed by atoms with E-state index in [9.17, 15) is 9.18 Å². The summed E-state index contributed by atoms with van der Waals surface area (Å²) in [6.07, 6.45) is 5.86. The Balaban J connectivity index is 1.56. The molecule has 3 nitrogen and oxygen atoms in total. The van der Waals surface area contributed by atoms with E-state index in [1.807, 2.05) is 6.07 Å². The molecule has 2 bridgehead atoms. The molecule has 3 unspecified atom stereocenters. The molecule has 2 fully saturated rings. The average Bonchev–Trinajstić information content (AvgIpc) is 3.10. The molecule has 1 aromatic rings. The number of hydrogen-bond donors (Lipinski definition) is 0. The Morgan fingerprint density at radius 1 is 1.36 bits per heavy atom. The molecule has 0 saturated heterocycles. The number of carbonyl (C=O) groups is 1. The molecule has 3 rings (SSSR count). The predicted molar refractivity (Wildman–Crippen MR) is 83.0 cm³/mol. The number of hydrogen-bond acceptors (Lipinski definition) is 2. The maximum atomic E-state index is 13.7. The number of rotatable bonds is 5. The fourth-order valence-electron chi connectivity index (χ4n) is 4.18. The van der Waals surface area contributed by atoms with Gasteiger partial charge in [-0.05, 0) is 54.7 Å². The van der Waals surface area contributed by atoms with Crippen LogP contribution in [0.2, 0.25) is 0 Å². The summed E-state index contributed by atoms with van der Waals surface area (Å²) in [5, 5.41) is 0. The Hall–Kier alpha value is -1.58. The second-order valence-electron chi connectivity index (χ2n) is 6.86. The first-order valence-electron chi connectivity index (χ1n) is 8.13. The first-order valence-corrected chi connectivity index (χ1v) is 8.13. The lowest BCUT2D eigenvalue weighted by Crippen LogP contribution is -2.29. The third-order valence-electron chi connectivity index (χ3n) is 5.38. The maximum Gasteiger partial charge on any atom is 0.222 e. The van der Waals surface area contributed by atoms with Crippen LogP contribution in [0.4, 0.5) is 4.39 Å². The number of halogens is 1. The first kappa shape index (κ1) is 15.3. The van der Waals surface area contributed by atoms with Gasteiger partial charge in [-0.1, -0.05) is 12.5 Å². The Morgan fingerprint density at radius 3 is 2.77 bits per heavy atom. The van der Waals surface area contributed by atoms with E-state index in [2.05, 4.69) is 0 Å². The van der Waals surface area contributed by atoms with Gasteiger partial charge < -0.3 is 9.64 Å².